The second kappa shape index (κ2) is 6.22. The predicted molar refractivity (Wildman–Crippen MR) is 86.5 cm³/mol. The van der Waals surface area contributed by atoms with Gasteiger partial charge in [0.05, 0.1) is 5.69 Å². The minimum absolute atomic E-state index is 0.0997. The van der Waals surface area contributed by atoms with Crippen LogP contribution in [0, 0.1) is 0 Å². The summed E-state index contributed by atoms with van der Waals surface area (Å²) < 4.78 is 1.51. The predicted octanol–water partition coefficient (Wildman–Crippen LogP) is 2.45. The van der Waals surface area contributed by atoms with Crippen molar-refractivity contribution in [3.8, 4) is 11.3 Å². The van der Waals surface area contributed by atoms with E-state index >= 15 is 0 Å². The first kappa shape index (κ1) is 14.0. The highest BCUT2D eigenvalue weighted by atomic mass is 16.1. The number of anilines is 1. The van der Waals surface area contributed by atoms with Gasteiger partial charge in [0.15, 0.2) is 0 Å². The van der Waals surface area contributed by atoms with E-state index in [1.54, 1.807) is 19.4 Å². The lowest BCUT2D eigenvalue weighted by Crippen LogP contribution is -2.21. The largest absolute Gasteiger partial charge is 0.351 e. The summed E-state index contributed by atoms with van der Waals surface area (Å²) in [5.41, 5.74) is 2.54. The maximum atomic E-state index is 12.1. The molecule has 0 spiro atoms. The molecule has 0 aliphatic heterocycles. The van der Waals surface area contributed by atoms with E-state index in [1.807, 2.05) is 42.5 Å². The van der Waals surface area contributed by atoms with Crippen molar-refractivity contribution in [1.82, 2.24) is 14.5 Å². The summed E-state index contributed by atoms with van der Waals surface area (Å²) in [7, 11) is 1.71. The van der Waals surface area contributed by atoms with Gasteiger partial charge in [0.1, 0.15) is 0 Å². The molecule has 110 valence electrons. The van der Waals surface area contributed by atoms with Gasteiger partial charge in [0.25, 0.3) is 5.56 Å². The molecular formula is C17H16N4O. The van der Waals surface area contributed by atoms with Crippen molar-refractivity contribution in [3.63, 3.8) is 0 Å². The Morgan fingerprint density at radius 2 is 1.82 bits per heavy atom. The van der Waals surface area contributed by atoms with E-state index in [0.29, 0.717) is 18.2 Å². The van der Waals surface area contributed by atoms with Crippen LogP contribution in [-0.2, 0) is 13.6 Å². The van der Waals surface area contributed by atoms with Gasteiger partial charge in [-0.05, 0) is 17.7 Å². The lowest BCUT2D eigenvalue weighted by molar-refractivity contribution is 0.823. The van der Waals surface area contributed by atoms with Crippen LogP contribution in [0.5, 0.6) is 0 Å². The zero-order valence-electron chi connectivity index (χ0n) is 12.2. The average molecular weight is 292 g/mol. The molecule has 5 heteroatoms. The summed E-state index contributed by atoms with van der Waals surface area (Å²) in [6.45, 7) is 0.612. The molecule has 0 aliphatic carbocycles. The van der Waals surface area contributed by atoms with Gasteiger partial charge in [-0.25, -0.2) is 4.98 Å². The lowest BCUT2D eigenvalue weighted by Gasteiger charge is -2.11. The van der Waals surface area contributed by atoms with Gasteiger partial charge in [-0.3, -0.25) is 14.3 Å². The molecular weight excluding hydrogens is 276 g/mol. The van der Waals surface area contributed by atoms with Gasteiger partial charge in [-0.15, -0.1) is 0 Å². The third kappa shape index (κ3) is 3.03. The number of aromatic nitrogens is 3. The Morgan fingerprint density at radius 3 is 2.55 bits per heavy atom. The molecule has 0 fully saturated rings. The Labute approximate surface area is 128 Å². The van der Waals surface area contributed by atoms with Gasteiger partial charge in [0.2, 0.25) is 5.95 Å². The van der Waals surface area contributed by atoms with Crippen LogP contribution in [0.3, 0.4) is 0 Å². The van der Waals surface area contributed by atoms with Crippen LogP contribution < -0.4 is 10.9 Å². The molecule has 0 aliphatic rings. The molecule has 2 heterocycles. The Morgan fingerprint density at radius 1 is 1.09 bits per heavy atom. The molecule has 0 amide bonds. The maximum Gasteiger partial charge on any atom is 0.255 e. The number of benzene rings is 1. The SMILES string of the molecule is Cn1c(NCc2ccccc2)nc(-c2ccncc2)cc1=O. The first-order valence-corrected chi connectivity index (χ1v) is 7.00. The summed E-state index contributed by atoms with van der Waals surface area (Å²) in [6.07, 6.45) is 3.37. The molecule has 2 aromatic heterocycles. The molecule has 0 saturated heterocycles. The normalized spacial score (nSPS) is 10.4. The van der Waals surface area contributed by atoms with E-state index in [9.17, 15) is 4.79 Å². The van der Waals surface area contributed by atoms with Crippen LogP contribution in [0.4, 0.5) is 5.95 Å². The van der Waals surface area contributed by atoms with Gasteiger partial charge in [-0.1, -0.05) is 30.3 Å². The van der Waals surface area contributed by atoms with E-state index in [4.69, 9.17) is 0 Å². The molecule has 0 saturated carbocycles. The quantitative estimate of drug-likeness (QED) is 0.802. The molecule has 22 heavy (non-hydrogen) atoms. The van der Waals surface area contributed by atoms with Crippen molar-refractivity contribution in [2.75, 3.05) is 5.32 Å². The van der Waals surface area contributed by atoms with E-state index in [2.05, 4.69) is 15.3 Å². The number of hydrogen-bond donors (Lipinski definition) is 1. The van der Waals surface area contributed by atoms with E-state index in [-0.39, 0.29) is 5.56 Å². The van der Waals surface area contributed by atoms with Crippen molar-refractivity contribution in [2.45, 2.75) is 6.54 Å². The molecule has 3 aromatic rings. The molecule has 1 aromatic carbocycles. The zero-order valence-corrected chi connectivity index (χ0v) is 12.2. The van der Waals surface area contributed by atoms with Crippen molar-refractivity contribution < 1.29 is 0 Å². The summed E-state index contributed by atoms with van der Waals surface area (Å²) in [6, 6.07) is 15.2. The monoisotopic (exact) mass is 292 g/mol. The van der Waals surface area contributed by atoms with E-state index in [1.165, 1.54) is 10.6 Å². The van der Waals surface area contributed by atoms with E-state index in [0.717, 1.165) is 11.1 Å². The van der Waals surface area contributed by atoms with Gasteiger partial charge in [-0.2, -0.15) is 0 Å². The molecule has 5 nitrogen and oxygen atoms in total. The second-order valence-corrected chi connectivity index (χ2v) is 4.94. The molecule has 0 atom stereocenters. The molecule has 0 bridgehead atoms. The number of pyridine rings is 1. The van der Waals surface area contributed by atoms with Crippen molar-refractivity contribution >= 4 is 5.95 Å². The molecule has 0 radical (unpaired) electrons. The standard InChI is InChI=1S/C17H16N4O/c1-21-16(22)11-15(14-7-9-18-10-8-14)20-17(21)19-12-13-5-3-2-4-6-13/h2-11H,12H2,1H3,(H,19,20). The zero-order chi connectivity index (χ0) is 15.4. The Hall–Kier alpha value is -2.95. The Balaban J connectivity index is 1.91. The van der Waals surface area contributed by atoms with Crippen molar-refractivity contribution in [2.24, 2.45) is 7.05 Å². The molecule has 0 unspecified atom stereocenters. The average Bonchev–Trinajstić information content (AvgIpc) is 2.58. The third-order valence-corrected chi connectivity index (χ3v) is 3.40. The Kier molecular flexibility index (Phi) is 3.96. The van der Waals surface area contributed by atoms with Crippen LogP contribution in [0.1, 0.15) is 5.56 Å². The van der Waals surface area contributed by atoms with Crippen LogP contribution >= 0.6 is 0 Å². The fraction of sp³-hybridized carbons (Fsp3) is 0.118. The number of hydrogen-bond acceptors (Lipinski definition) is 4. The highest BCUT2D eigenvalue weighted by molar-refractivity contribution is 5.59. The second-order valence-electron chi connectivity index (χ2n) is 4.94. The van der Waals surface area contributed by atoms with Crippen LogP contribution in [0.25, 0.3) is 11.3 Å². The number of nitrogens with one attached hydrogen (secondary N) is 1. The van der Waals surface area contributed by atoms with Crippen LogP contribution in [-0.4, -0.2) is 14.5 Å². The molecule has 3 rings (SSSR count). The highest BCUT2D eigenvalue weighted by Gasteiger charge is 2.07. The minimum atomic E-state index is -0.0997. The fourth-order valence-electron chi connectivity index (χ4n) is 2.15. The fourth-order valence-corrected chi connectivity index (χ4v) is 2.15. The van der Waals surface area contributed by atoms with Crippen molar-refractivity contribution in [3.05, 3.63) is 76.8 Å². The Bertz CT molecular complexity index is 813. The minimum Gasteiger partial charge on any atom is -0.351 e. The van der Waals surface area contributed by atoms with Crippen molar-refractivity contribution in [1.29, 1.82) is 0 Å². The number of rotatable bonds is 4. The summed E-state index contributed by atoms with van der Waals surface area (Å²) in [5, 5.41) is 3.22. The smallest absolute Gasteiger partial charge is 0.255 e. The molecule has 1 N–H and O–H groups in total. The number of nitrogens with zero attached hydrogens (tertiary/aromatic N) is 3. The summed E-state index contributed by atoms with van der Waals surface area (Å²) in [4.78, 5) is 20.6. The third-order valence-electron chi connectivity index (χ3n) is 3.40. The lowest BCUT2D eigenvalue weighted by atomic mass is 10.2. The first-order valence-electron chi connectivity index (χ1n) is 7.00. The van der Waals surface area contributed by atoms with Gasteiger partial charge >= 0.3 is 0 Å². The summed E-state index contributed by atoms with van der Waals surface area (Å²) in [5.74, 6) is 0.545. The summed E-state index contributed by atoms with van der Waals surface area (Å²) >= 11 is 0. The highest BCUT2D eigenvalue weighted by Crippen LogP contribution is 2.16. The van der Waals surface area contributed by atoms with E-state index < -0.39 is 0 Å². The maximum absolute atomic E-state index is 12.1. The van der Waals surface area contributed by atoms with Gasteiger partial charge in [0, 0.05) is 37.6 Å². The first-order chi connectivity index (χ1) is 10.7. The van der Waals surface area contributed by atoms with Gasteiger partial charge < -0.3 is 5.32 Å². The topological polar surface area (TPSA) is 59.8 Å². The van der Waals surface area contributed by atoms with Crippen LogP contribution in [0.15, 0.2) is 65.7 Å². The van der Waals surface area contributed by atoms with Crippen LogP contribution in [0.2, 0.25) is 0 Å².